The summed E-state index contributed by atoms with van der Waals surface area (Å²) < 4.78 is 6.68. The van der Waals surface area contributed by atoms with Crippen molar-refractivity contribution < 1.29 is 14.3 Å². The first kappa shape index (κ1) is 20.3. The van der Waals surface area contributed by atoms with E-state index in [0.717, 1.165) is 0 Å². The van der Waals surface area contributed by atoms with E-state index in [1.807, 2.05) is 12.1 Å². The molecule has 0 N–H and O–H groups in total. The van der Waals surface area contributed by atoms with Gasteiger partial charge in [-0.15, -0.1) is 0 Å². The van der Waals surface area contributed by atoms with Crippen LogP contribution in [0.1, 0.15) is 6.92 Å². The number of carbonyl (C=O) groups excluding carboxylic acids is 2. The Labute approximate surface area is 167 Å². The number of methoxy groups -OCH3 is 1. The number of aromatic nitrogens is 2. The molecule has 1 saturated heterocycles. The molecule has 8 nitrogen and oxygen atoms in total. The highest BCUT2D eigenvalue weighted by Crippen LogP contribution is 2.19. The number of amides is 2. The van der Waals surface area contributed by atoms with Gasteiger partial charge >= 0.3 is 0 Å². The lowest BCUT2D eigenvalue weighted by atomic mass is 10.2. The lowest BCUT2D eigenvalue weighted by molar-refractivity contribution is -0.136. The molecule has 0 unspecified atom stereocenters. The number of hydrogen-bond acceptors (Lipinski definition) is 6. The summed E-state index contributed by atoms with van der Waals surface area (Å²) in [6.45, 7) is 4.46. The molecular formula is C19H24N4O4S. The number of nitrogens with zero attached hydrogens (tertiary/aromatic N) is 4. The van der Waals surface area contributed by atoms with Gasteiger partial charge in [0.1, 0.15) is 0 Å². The molecule has 0 atom stereocenters. The SMILES string of the molecule is COCCn1c(SCC(=O)N2CCN(C(C)=O)CC2)nc2ccccc2c1=O. The highest BCUT2D eigenvalue weighted by Gasteiger charge is 2.23. The Hall–Kier alpha value is -2.39. The van der Waals surface area contributed by atoms with Gasteiger partial charge in [-0.1, -0.05) is 23.9 Å². The molecule has 2 heterocycles. The molecule has 2 aromatic rings. The van der Waals surface area contributed by atoms with Gasteiger partial charge in [-0.25, -0.2) is 4.98 Å². The molecule has 1 aliphatic heterocycles. The van der Waals surface area contributed by atoms with Gasteiger partial charge in [-0.3, -0.25) is 19.0 Å². The second kappa shape index (κ2) is 9.20. The van der Waals surface area contributed by atoms with E-state index < -0.39 is 0 Å². The highest BCUT2D eigenvalue weighted by atomic mass is 32.2. The van der Waals surface area contributed by atoms with Crippen LogP contribution in [-0.2, 0) is 20.9 Å². The fourth-order valence-electron chi connectivity index (χ4n) is 3.13. The maximum atomic E-state index is 12.8. The van der Waals surface area contributed by atoms with Crippen LogP contribution >= 0.6 is 11.8 Å². The smallest absolute Gasteiger partial charge is 0.262 e. The monoisotopic (exact) mass is 404 g/mol. The van der Waals surface area contributed by atoms with Crippen molar-refractivity contribution in [1.29, 1.82) is 0 Å². The Bertz CT molecular complexity index is 922. The number of carbonyl (C=O) groups is 2. The minimum atomic E-state index is -0.132. The number of benzene rings is 1. The molecule has 150 valence electrons. The molecule has 28 heavy (non-hydrogen) atoms. The Morgan fingerprint density at radius 3 is 2.50 bits per heavy atom. The van der Waals surface area contributed by atoms with Crippen LogP contribution in [0.25, 0.3) is 10.9 Å². The molecule has 1 aromatic carbocycles. The van der Waals surface area contributed by atoms with E-state index in [0.29, 0.717) is 55.4 Å². The van der Waals surface area contributed by atoms with Crippen LogP contribution in [0.15, 0.2) is 34.2 Å². The summed E-state index contributed by atoms with van der Waals surface area (Å²) in [4.78, 5) is 44.9. The van der Waals surface area contributed by atoms with Crippen molar-refractivity contribution >= 4 is 34.5 Å². The van der Waals surface area contributed by atoms with Gasteiger partial charge in [0.2, 0.25) is 11.8 Å². The fourth-order valence-corrected chi connectivity index (χ4v) is 4.05. The van der Waals surface area contributed by atoms with E-state index in [4.69, 9.17) is 4.74 Å². The average Bonchev–Trinajstić information content (AvgIpc) is 2.71. The van der Waals surface area contributed by atoms with Crippen molar-refractivity contribution in [2.24, 2.45) is 0 Å². The third-order valence-electron chi connectivity index (χ3n) is 4.75. The Balaban J connectivity index is 1.73. The summed E-state index contributed by atoms with van der Waals surface area (Å²) in [6, 6.07) is 7.19. The quantitative estimate of drug-likeness (QED) is 0.524. The van der Waals surface area contributed by atoms with Gasteiger partial charge < -0.3 is 14.5 Å². The fraction of sp³-hybridized carbons (Fsp3) is 0.474. The molecule has 1 aromatic heterocycles. The van der Waals surface area contributed by atoms with Gasteiger partial charge in [-0.2, -0.15) is 0 Å². The van der Waals surface area contributed by atoms with E-state index >= 15 is 0 Å². The first-order chi connectivity index (χ1) is 13.5. The van der Waals surface area contributed by atoms with Gasteiger partial charge in [0.15, 0.2) is 5.16 Å². The summed E-state index contributed by atoms with van der Waals surface area (Å²) in [5, 5.41) is 1.06. The minimum Gasteiger partial charge on any atom is -0.383 e. The van der Waals surface area contributed by atoms with Crippen LogP contribution < -0.4 is 5.56 Å². The number of piperazine rings is 1. The standard InChI is InChI=1S/C19H24N4O4S/c1-14(24)21-7-9-22(10-8-21)17(25)13-28-19-20-16-6-4-3-5-15(16)18(26)23(19)11-12-27-2/h3-6H,7-13H2,1-2H3. The first-order valence-corrected chi connectivity index (χ1v) is 10.1. The van der Waals surface area contributed by atoms with Gasteiger partial charge in [0.25, 0.3) is 5.56 Å². The van der Waals surface area contributed by atoms with Crippen LogP contribution in [0, 0.1) is 0 Å². The maximum absolute atomic E-state index is 12.8. The zero-order valence-corrected chi connectivity index (χ0v) is 16.9. The number of fused-ring (bicyclic) bond motifs is 1. The topological polar surface area (TPSA) is 84.7 Å². The molecule has 2 amide bonds. The Morgan fingerprint density at radius 1 is 1.14 bits per heavy atom. The van der Waals surface area contributed by atoms with Crippen LogP contribution in [-0.4, -0.2) is 76.8 Å². The summed E-state index contributed by atoms with van der Waals surface area (Å²) >= 11 is 1.26. The molecule has 3 rings (SSSR count). The first-order valence-electron chi connectivity index (χ1n) is 9.16. The molecular weight excluding hydrogens is 380 g/mol. The van der Waals surface area contributed by atoms with Crippen molar-refractivity contribution in [3.8, 4) is 0 Å². The summed E-state index contributed by atoms with van der Waals surface area (Å²) in [5.41, 5.74) is 0.485. The molecule has 0 bridgehead atoms. The second-order valence-corrected chi connectivity index (χ2v) is 7.48. The predicted molar refractivity (Wildman–Crippen MR) is 107 cm³/mol. The Kier molecular flexibility index (Phi) is 6.69. The highest BCUT2D eigenvalue weighted by molar-refractivity contribution is 7.99. The number of thioether (sulfide) groups is 1. The van der Waals surface area contributed by atoms with Gasteiger partial charge in [0.05, 0.1) is 29.8 Å². The van der Waals surface area contributed by atoms with Crippen molar-refractivity contribution in [2.45, 2.75) is 18.6 Å². The second-order valence-electron chi connectivity index (χ2n) is 6.54. The van der Waals surface area contributed by atoms with Gasteiger partial charge in [-0.05, 0) is 12.1 Å². The molecule has 9 heteroatoms. The predicted octanol–water partition coefficient (Wildman–Crippen LogP) is 0.826. The third-order valence-corrected chi connectivity index (χ3v) is 5.71. The zero-order chi connectivity index (χ0) is 20.1. The molecule has 1 aliphatic rings. The van der Waals surface area contributed by atoms with Crippen LogP contribution in [0.5, 0.6) is 0 Å². The van der Waals surface area contributed by atoms with E-state index in [1.54, 1.807) is 33.6 Å². The van der Waals surface area contributed by atoms with Crippen LogP contribution in [0.4, 0.5) is 0 Å². The van der Waals surface area contributed by atoms with Crippen molar-refractivity contribution in [3.05, 3.63) is 34.6 Å². The summed E-state index contributed by atoms with van der Waals surface area (Å²) in [6.07, 6.45) is 0. The van der Waals surface area contributed by atoms with Crippen molar-refractivity contribution in [2.75, 3.05) is 45.6 Å². The van der Waals surface area contributed by atoms with Crippen molar-refractivity contribution in [3.63, 3.8) is 0 Å². The molecule has 0 aliphatic carbocycles. The lowest BCUT2D eigenvalue weighted by Gasteiger charge is -2.34. The summed E-state index contributed by atoms with van der Waals surface area (Å²) in [7, 11) is 1.58. The molecule has 1 fully saturated rings. The molecule has 0 radical (unpaired) electrons. The average molecular weight is 404 g/mol. The molecule has 0 spiro atoms. The number of rotatable bonds is 6. The summed E-state index contributed by atoms with van der Waals surface area (Å²) in [5.74, 6) is 0.204. The normalized spacial score (nSPS) is 14.5. The minimum absolute atomic E-state index is 0.0195. The Morgan fingerprint density at radius 2 is 1.82 bits per heavy atom. The number of ether oxygens (including phenoxy) is 1. The van der Waals surface area contributed by atoms with E-state index in [9.17, 15) is 14.4 Å². The van der Waals surface area contributed by atoms with Crippen molar-refractivity contribution in [1.82, 2.24) is 19.4 Å². The maximum Gasteiger partial charge on any atom is 0.262 e. The van der Waals surface area contributed by atoms with Crippen LogP contribution in [0.2, 0.25) is 0 Å². The third kappa shape index (κ3) is 4.53. The number of hydrogen-bond donors (Lipinski definition) is 0. The van der Waals surface area contributed by atoms with E-state index in [-0.39, 0.29) is 23.1 Å². The van der Waals surface area contributed by atoms with E-state index in [2.05, 4.69) is 4.98 Å². The lowest BCUT2D eigenvalue weighted by Crippen LogP contribution is -2.50. The largest absolute Gasteiger partial charge is 0.383 e. The number of para-hydroxylation sites is 1. The zero-order valence-electron chi connectivity index (χ0n) is 16.1. The van der Waals surface area contributed by atoms with Crippen LogP contribution in [0.3, 0.4) is 0 Å². The van der Waals surface area contributed by atoms with E-state index in [1.165, 1.54) is 18.7 Å². The molecule has 0 saturated carbocycles. The van der Waals surface area contributed by atoms with Gasteiger partial charge in [0, 0.05) is 40.2 Å².